The van der Waals surface area contributed by atoms with E-state index in [0.29, 0.717) is 47.3 Å². The molecule has 0 radical (unpaired) electrons. The minimum atomic E-state index is -1.30. The van der Waals surface area contributed by atoms with E-state index in [-0.39, 0.29) is 30.2 Å². The Morgan fingerprint density at radius 3 is 2.46 bits per heavy atom. The Kier molecular flexibility index (Phi) is 9.58. The van der Waals surface area contributed by atoms with Crippen LogP contribution in [0.2, 0.25) is 0 Å². The third kappa shape index (κ3) is 7.03. The first-order valence-electron chi connectivity index (χ1n) is 12.3. The lowest BCUT2D eigenvalue weighted by atomic mass is 10.0. The zero-order valence-electron chi connectivity index (χ0n) is 22.5. The summed E-state index contributed by atoms with van der Waals surface area (Å²) < 4.78 is 26.4. The Bertz CT molecular complexity index is 1430. The summed E-state index contributed by atoms with van der Waals surface area (Å²) in [6.07, 6.45) is 0.226. The number of anilines is 1. The van der Waals surface area contributed by atoms with Crippen molar-refractivity contribution in [2.45, 2.75) is 19.0 Å². The number of urea groups is 1. The molecule has 4 amide bonds. The van der Waals surface area contributed by atoms with Gasteiger partial charge in [0, 0.05) is 18.3 Å². The molecule has 1 atom stereocenters. The number of carbonyl (C=O) groups is 4. The molecule has 1 aromatic heterocycles. The molecule has 0 fully saturated rings. The van der Waals surface area contributed by atoms with E-state index < -0.39 is 23.9 Å². The highest BCUT2D eigenvalue weighted by molar-refractivity contribution is 7.14. The number of rotatable bonds is 11. The van der Waals surface area contributed by atoms with Crippen molar-refractivity contribution in [1.82, 2.24) is 15.2 Å². The third-order valence-electron chi connectivity index (χ3n) is 6.04. The van der Waals surface area contributed by atoms with Gasteiger partial charge in [0.1, 0.15) is 19.3 Å². The minimum Gasteiger partial charge on any atom is -0.493 e. The van der Waals surface area contributed by atoms with Gasteiger partial charge in [-0.15, -0.1) is 11.3 Å². The summed E-state index contributed by atoms with van der Waals surface area (Å²) >= 11 is 0.993. The van der Waals surface area contributed by atoms with Gasteiger partial charge in [0.2, 0.25) is 12.3 Å². The van der Waals surface area contributed by atoms with E-state index in [1.807, 2.05) is 0 Å². The molecule has 0 unspecified atom stereocenters. The van der Waals surface area contributed by atoms with E-state index >= 15 is 0 Å². The predicted molar refractivity (Wildman–Crippen MR) is 147 cm³/mol. The van der Waals surface area contributed by atoms with Gasteiger partial charge in [-0.3, -0.25) is 14.5 Å². The average Bonchev–Trinajstić information content (AvgIpc) is 3.47. The average molecular weight is 585 g/mol. The van der Waals surface area contributed by atoms with Crippen LogP contribution < -0.4 is 29.6 Å². The summed E-state index contributed by atoms with van der Waals surface area (Å²) in [5, 5.41) is 6.77. The molecule has 1 aliphatic rings. The van der Waals surface area contributed by atoms with E-state index in [1.165, 1.54) is 26.7 Å². The molecule has 2 N–H and O–H groups in total. The predicted octanol–water partition coefficient (Wildman–Crippen LogP) is 2.64. The minimum absolute atomic E-state index is 0.00802. The fraction of sp³-hybridized carbons (Fsp3) is 0.296. The summed E-state index contributed by atoms with van der Waals surface area (Å²) in [5.74, 6) is 0.664. The number of imide groups is 1. The van der Waals surface area contributed by atoms with E-state index in [0.717, 1.165) is 16.2 Å². The second-order valence-electron chi connectivity index (χ2n) is 8.58. The van der Waals surface area contributed by atoms with Crippen LogP contribution in [0.3, 0.4) is 0 Å². The molecule has 14 heteroatoms. The van der Waals surface area contributed by atoms with E-state index in [4.69, 9.17) is 18.9 Å². The van der Waals surface area contributed by atoms with Crippen molar-refractivity contribution in [3.8, 4) is 23.0 Å². The second-order valence-corrected chi connectivity index (χ2v) is 9.44. The Hall–Kier alpha value is -4.85. The number of methoxy groups -OCH3 is 3. The van der Waals surface area contributed by atoms with E-state index in [9.17, 15) is 19.2 Å². The van der Waals surface area contributed by atoms with E-state index in [1.54, 1.807) is 36.4 Å². The normalized spacial score (nSPS) is 12.5. The van der Waals surface area contributed by atoms with Crippen LogP contribution in [-0.4, -0.2) is 74.8 Å². The number of hydrogen-bond donors (Lipinski definition) is 2. The maximum Gasteiger partial charge on any atom is 0.357 e. The molecule has 0 saturated carbocycles. The van der Waals surface area contributed by atoms with Gasteiger partial charge in [0.05, 0.1) is 21.3 Å². The Labute approximate surface area is 239 Å². The maximum atomic E-state index is 13.5. The van der Waals surface area contributed by atoms with Crippen molar-refractivity contribution in [3.05, 3.63) is 58.6 Å². The summed E-state index contributed by atoms with van der Waals surface area (Å²) in [6, 6.07) is 8.12. The monoisotopic (exact) mass is 584 g/mol. The van der Waals surface area contributed by atoms with E-state index in [2.05, 4.69) is 20.4 Å². The smallest absolute Gasteiger partial charge is 0.357 e. The number of esters is 1. The molecule has 0 saturated heterocycles. The van der Waals surface area contributed by atoms with Crippen LogP contribution in [-0.2, 0) is 27.3 Å². The SMILES string of the molecule is COC(=O)c1csc(NC(=O)[C@H](Cc2ccc(OC)c(OC)c2)N(C=O)C(=O)NCc2ccc3c(c2)OCCO3)n1. The maximum absolute atomic E-state index is 13.5. The van der Waals surface area contributed by atoms with Crippen LogP contribution in [0.4, 0.5) is 9.93 Å². The number of thiazole rings is 1. The lowest BCUT2D eigenvalue weighted by Gasteiger charge is -2.26. The molecule has 3 aromatic rings. The van der Waals surface area contributed by atoms with Gasteiger partial charge in [0.15, 0.2) is 33.8 Å². The molecule has 216 valence electrons. The zero-order chi connectivity index (χ0) is 29.4. The number of hydrogen-bond acceptors (Lipinski definition) is 11. The van der Waals surface area contributed by atoms with Gasteiger partial charge in [-0.25, -0.2) is 14.6 Å². The molecule has 13 nitrogen and oxygen atoms in total. The van der Waals surface area contributed by atoms with Gasteiger partial charge in [-0.1, -0.05) is 12.1 Å². The molecule has 2 heterocycles. The first kappa shape index (κ1) is 29.1. The van der Waals surface area contributed by atoms with Crippen LogP contribution in [0.1, 0.15) is 21.6 Å². The fourth-order valence-corrected chi connectivity index (χ4v) is 4.68. The lowest BCUT2D eigenvalue weighted by molar-refractivity contribution is -0.127. The summed E-state index contributed by atoms with van der Waals surface area (Å²) in [5.41, 5.74) is 1.30. The molecular formula is C27H28N4O9S. The molecule has 0 aliphatic carbocycles. The number of carbonyl (C=O) groups excluding carboxylic acids is 4. The Morgan fingerprint density at radius 1 is 1.02 bits per heavy atom. The van der Waals surface area contributed by atoms with Crippen molar-refractivity contribution in [2.24, 2.45) is 0 Å². The van der Waals surface area contributed by atoms with Crippen LogP contribution in [0.5, 0.6) is 23.0 Å². The highest BCUT2D eigenvalue weighted by atomic mass is 32.1. The Balaban J connectivity index is 1.55. The number of benzene rings is 2. The largest absolute Gasteiger partial charge is 0.493 e. The first-order valence-corrected chi connectivity index (χ1v) is 13.2. The van der Waals surface area contributed by atoms with Crippen molar-refractivity contribution in [3.63, 3.8) is 0 Å². The van der Waals surface area contributed by atoms with Crippen molar-refractivity contribution >= 4 is 40.8 Å². The Morgan fingerprint density at radius 2 is 1.76 bits per heavy atom. The van der Waals surface area contributed by atoms with Gasteiger partial charge < -0.3 is 34.3 Å². The lowest BCUT2D eigenvalue weighted by Crippen LogP contribution is -2.51. The van der Waals surface area contributed by atoms with Crippen LogP contribution in [0.25, 0.3) is 0 Å². The summed E-state index contributed by atoms with van der Waals surface area (Å²) in [7, 11) is 4.17. The van der Waals surface area contributed by atoms with Crippen molar-refractivity contribution in [2.75, 3.05) is 39.9 Å². The number of ether oxygens (including phenoxy) is 5. The van der Waals surface area contributed by atoms with Crippen LogP contribution in [0.15, 0.2) is 41.8 Å². The summed E-state index contributed by atoms with van der Waals surface area (Å²) in [4.78, 5) is 55.5. The van der Waals surface area contributed by atoms with Gasteiger partial charge >= 0.3 is 12.0 Å². The highest BCUT2D eigenvalue weighted by Crippen LogP contribution is 2.31. The van der Waals surface area contributed by atoms with Gasteiger partial charge in [0.25, 0.3) is 0 Å². The number of fused-ring (bicyclic) bond motifs is 1. The standard InChI is InChI=1S/C27H28N4O9S/c1-36-20-6-4-16(11-22(20)37-2)10-19(24(33)30-26-29-18(14-41-26)25(34)38-3)31(15-32)27(35)28-13-17-5-7-21-23(12-17)40-9-8-39-21/h4-7,11-12,14-15,19H,8-10,13H2,1-3H3,(H,28,35)(H,29,30,33)/t19-/m0/s1. The molecule has 0 spiro atoms. The molecule has 4 rings (SSSR count). The number of amides is 4. The molecule has 2 aromatic carbocycles. The van der Waals surface area contributed by atoms with Crippen LogP contribution >= 0.6 is 11.3 Å². The number of nitrogens with one attached hydrogen (secondary N) is 2. The second kappa shape index (κ2) is 13.5. The van der Waals surface area contributed by atoms with Crippen molar-refractivity contribution < 1.29 is 42.9 Å². The summed E-state index contributed by atoms with van der Waals surface area (Å²) in [6.45, 7) is 0.917. The highest BCUT2D eigenvalue weighted by Gasteiger charge is 2.31. The quantitative estimate of drug-likeness (QED) is 0.254. The van der Waals surface area contributed by atoms with Crippen molar-refractivity contribution in [1.29, 1.82) is 0 Å². The first-order chi connectivity index (χ1) is 19.9. The van der Waals surface area contributed by atoms with Gasteiger partial charge in [-0.05, 0) is 35.4 Å². The van der Waals surface area contributed by atoms with Crippen LogP contribution in [0, 0.1) is 0 Å². The molecule has 1 aliphatic heterocycles. The number of aromatic nitrogens is 1. The molecule has 41 heavy (non-hydrogen) atoms. The zero-order valence-corrected chi connectivity index (χ0v) is 23.3. The molecule has 0 bridgehead atoms. The molecular weight excluding hydrogens is 556 g/mol. The fourth-order valence-electron chi connectivity index (χ4n) is 4.00. The number of nitrogens with zero attached hydrogens (tertiary/aromatic N) is 2. The third-order valence-corrected chi connectivity index (χ3v) is 6.80. The topological polar surface area (TPSA) is 155 Å². The van der Waals surface area contributed by atoms with Gasteiger partial charge in [-0.2, -0.15) is 0 Å².